The highest BCUT2D eigenvalue weighted by atomic mass is 35.5. The molecule has 2 rings (SSSR count). The summed E-state index contributed by atoms with van der Waals surface area (Å²) in [7, 11) is -3.82. The van der Waals surface area contributed by atoms with E-state index >= 15 is 0 Å². The second kappa shape index (κ2) is 4.77. The van der Waals surface area contributed by atoms with Crippen LogP contribution in [0.1, 0.15) is 13.3 Å². The highest BCUT2D eigenvalue weighted by Crippen LogP contribution is 2.25. The second-order valence-corrected chi connectivity index (χ2v) is 6.73. The SMILES string of the molecule is CC1(NS(=O)(=O)c2cc(F)ccc2Cl)CCNC1. The highest BCUT2D eigenvalue weighted by Gasteiger charge is 2.34. The first-order valence-corrected chi connectivity index (χ1v) is 7.38. The van der Waals surface area contributed by atoms with Gasteiger partial charge in [0.25, 0.3) is 0 Å². The average Bonchev–Trinajstić information content (AvgIpc) is 2.67. The van der Waals surface area contributed by atoms with Crippen molar-refractivity contribution >= 4 is 21.6 Å². The molecule has 18 heavy (non-hydrogen) atoms. The Morgan fingerprint density at radius 3 is 2.83 bits per heavy atom. The third-order valence-corrected chi connectivity index (χ3v) is 5.05. The molecule has 1 aromatic rings. The van der Waals surface area contributed by atoms with Gasteiger partial charge in [-0.1, -0.05) is 11.6 Å². The predicted octanol–water partition coefficient (Wildman–Crippen LogP) is 1.51. The first kappa shape index (κ1) is 13.7. The van der Waals surface area contributed by atoms with E-state index in [-0.39, 0.29) is 9.92 Å². The fourth-order valence-electron chi connectivity index (χ4n) is 1.97. The van der Waals surface area contributed by atoms with Crippen molar-refractivity contribution in [3.8, 4) is 0 Å². The number of nitrogens with one attached hydrogen (secondary N) is 2. The maximum Gasteiger partial charge on any atom is 0.242 e. The van der Waals surface area contributed by atoms with E-state index in [1.807, 2.05) is 0 Å². The maximum atomic E-state index is 13.1. The first-order chi connectivity index (χ1) is 8.32. The smallest absolute Gasteiger partial charge is 0.242 e. The van der Waals surface area contributed by atoms with Gasteiger partial charge in [-0.2, -0.15) is 0 Å². The number of rotatable bonds is 3. The molecule has 4 nitrogen and oxygen atoms in total. The van der Waals surface area contributed by atoms with Gasteiger partial charge in [0.2, 0.25) is 10.0 Å². The van der Waals surface area contributed by atoms with Crippen LogP contribution < -0.4 is 10.0 Å². The van der Waals surface area contributed by atoms with E-state index in [1.165, 1.54) is 6.07 Å². The molecule has 0 radical (unpaired) electrons. The summed E-state index contributed by atoms with van der Waals surface area (Å²) in [5, 5.41) is 3.09. The van der Waals surface area contributed by atoms with E-state index in [0.29, 0.717) is 13.0 Å². The van der Waals surface area contributed by atoms with Crippen LogP contribution in [0.4, 0.5) is 4.39 Å². The van der Waals surface area contributed by atoms with Gasteiger partial charge in [0.15, 0.2) is 0 Å². The van der Waals surface area contributed by atoms with Gasteiger partial charge in [-0.25, -0.2) is 17.5 Å². The summed E-state index contributed by atoms with van der Waals surface area (Å²) < 4.78 is 40.1. The molecule has 7 heteroatoms. The van der Waals surface area contributed by atoms with Gasteiger partial charge in [0, 0.05) is 12.1 Å². The van der Waals surface area contributed by atoms with Gasteiger partial charge < -0.3 is 5.32 Å². The lowest BCUT2D eigenvalue weighted by Crippen LogP contribution is -2.47. The Labute approximate surface area is 111 Å². The lowest BCUT2D eigenvalue weighted by molar-refractivity contribution is 0.451. The molecule has 0 aromatic heterocycles. The standard InChI is InChI=1S/C11H14ClFN2O2S/c1-11(4-5-14-7-11)15-18(16,17)10-6-8(13)2-3-9(10)12/h2-3,6,14-15H,4-5,7H2,1H3. The van der Waals surface area contributed by atoms with Gasteiger partial charge in [0.05, 0.1) is 5.02 Å². The molecule has 1 atom stereocenters. The Balaban J connectivity index is 2.33. The molecule has 1 unspecified atom stereocenters. The fourth-order valence-corrected chi connectivity index (χ4v) is 3.91. The quantitative estimate of drug-likeness (QED) is 0.888. The molecular formula is C11H14ClFN2O2S. The van der Waals surface area contributed by atoms with Crippen LogP contribution in [0.2, 0.25) is 5.02 Å². The minimum atomic E-state index is -3.82. The van der Waals surface area contributed by atoms with E-state index < -0.39 is 21.4 Å². The molecule has 1 saturated heterocycles. The third kappa shape index (κ3) is 2.83. The maximum absolute atomic E-state index is 13.1. The van der Waals surface area contributed by atoms with Crippen molar-refractivity contribution in [3.63, 3.8) is 0 Å². The van der Waals surface area contributed by atoms with Crippen molar-refractivity contribution in [2.75, 3.05) is 13.1 Å². The average molecular weight is 293 g/mol. The first-order valence-electron chi connectivity index (χ1n) is 5.52. The fraction of sp³-hybridized carbons (Fsp3) is 0.455. The van der Waals surface area contributed by atoms with Crippen LogP contribution in [-0.2, 0) is 10.0 Å². The molecule has 1 heterocycles. The molecular weight excluding hydrogens is 279 g/mol. The zero-order chi connectivity index (χ0) is 13.4. The topological polar surface area (TPSA) is 58.2 Å². The van der Waals surface area contributed by atoms with Crippen LogP contribution in [0.25, 0.3) is 0 Å². The lowest BCUT2D eigenvalue weighted by atomic mass is 10.0. The number of hydrogen-bond donors (Lipinski definition) is 2. The Kier molecular flexibility index (Phi) is 3.64. The number of benzene rings is 1. The molecule has 2 N–H and O–H groups in total. The molecule has 1 aliphatic heterocycles. The van der Waals surface area contributed by atoms with E-state index in [0.717, 1.165) is 18.7 Å². The van der Waals surface area contributed by atoms with Gasteiger partial charge in [-0.15, -0.1) is 0 Å². The molecule has 0 amide bonds. The third-order valence-electron chi connectivity index (χ3n) is 2.93. The van der Waals surface area contributed by atoms with Crippen molar-refractivity contribution in [3.05, 3.63) is 29.0 Å². The molecule has 1 fully saturated rings. The zero-order valence-electron chi connectivity index (χ0n) is 9.83. The minimum Gasteiger partial charge on any atom is -0.315 e. The number of sulfonamides is 1. The predicted molar refractivity (Wildman–Crippen MR) is 67.6 cm³/mol. The van der Waals surface area contributed by atoms with Crippen molar-refractivity contribution in [1.29, 1.82) is 0 Å². The summed E-state index contributed by atoms with van der Waals surface area (Å²) in [4.78, 5) is -0.225. The van der Waals surface area contributed by atoms with Crippen LogP contribution in [0.5, 0.6) is 0 Å². The van der Waals surface area contributed by atoms with Gasteiger partial charge in [-0.05, 0) is 38.1 Å². The molecule has 0 spiro atoms. The normalized spacial score (nSPS) is 24.4. The van der Waals surface area contributed by atoms with Crippen molar-refractivity contribution in [1.82, 2.24) is 10.0 Å². The van der Waals surface area contributed by atoms with Crippen LogP contribution in [-0.4, -0.2) is 27.0 Å². The zero-order valence-corrected chi connectivity index (χ0v) is 11.4. The molecule has 0 aliphatic carbocycles. The summed E-state index contributed by atoms with van der Waals surface area (Å²) in [6.07, 6.45) is 0.680. The summed E-state index contributed by atoms with van der Waals surface area (Å²) in [6.45, 7) is 3.09. The van der Waals surface area contributed by atoms with Crippen LogP contribution in [0.3, 0.4) is 0 Å². The largest absolute Gasteiger partial charge is 0.315 e. The van der Waals surface area contributed by atoms with E-state index in [4.69, 9.17) is 11.6 Å². The summed E-state index contributed by atoms with van der Waals surface area (Å²) in [5.41, 5.74) is -0.561. The van der Waals surface area contributed by atoms with Gasteiger partial charge in [0.1, 0.15) is 10.7 Å². The Morgan fingerprint density at radius 2 is 2.22 bits per heavy atom. The molecule has 0 saturated carbocycles. The van der Waals surface area contributed by atoms with Crippen molar-refractivity contribution in [2.24, 2.45) is 0 Å². The Morgan fingerprint density at radius 1 is 1.50 bits per heavy atom. The highest BCUT2D eigenvalue weighted by molar-refractivity contribution is 7.89. The van der Waals surface area contributed by atoms with Gasteiger partial charge >= 0.3 is 0 Å². The lowest BCUT2D eigenvalue weighted by Gasteiger charge is -2.24. The molecule has 1 aliphatic rings. The monoisotopic (exact) mass is 292 g/mol. The van der Waals surface area contributed by atoms with E-state index in [2.05, 4.69) is 10.0 Å². The Hall–Kier alpha value is -0.690. The second-order valence-electron chi connectivity index (χ2n) is 4.67. The minimum absolute atomic E-state index is 0.0125. The van der Waals surface area contributed by atoms with Gasteiger partial charge in [-0.3, -0.25) is 0 Å². The van der Waals surface area contributed by atoms with E-state index in [9.17, 15) is 12.8 Å². The van der Waals surface area contributed by atoms with Crippen molar-refractivity contribution < 1.29 is 12.8 Å². The number of halogens is 2. The van der Waals surface area contributed by atoms with Crippen LogP contribution in [0, 0.1) is 5.82 Å². The molecule has 1 aromatic carbocycles. The summed E-state index contributed by atoms with van der Waals surface area (Å²) in [5.74, 6) is -0.630. The molecule has 0 bridgehead atoms. The number of hydrogen-bond acceptors (Lipinski definition) is 3. The molecule has 100 valence electrons. The van der Waals surface area contributed by atoms with Crippen LogP contribution in [0.15, 0.2) is 23.1 Å². The summed E-state index contributed by atoms with van der Waals surface area (Å²) in [6, 6.07) is 3.29. The van der Waals surface area contributed by atoms with Crippen molar-refractivity contribution in [2.45, 2.75) is 23.8 Å². The summed E-state index contributed by atoms with van der Waals surface area (Å²) >= 11 is 5.81. The Bertz CT molecular complexity index is 556. The van der Waals surface area contributed by atoms with Crippen LogP contribution >= 0.6 is 11.6 Å². The van der Waals surface area contributed by atoms with E-state index in [1.54, 1.807) is 6.92 Å².